The largest absolute Gasteiger partial charge is 0.311 e. The minimum Gasteiger partial charge on any atom is -0.311 e. The SMILES string of the molecule is Brc1ccc2ccccn12. The first-order valence-corrected chi connectivity index (χ1v) is 3.89. The van der Waals surface area contributed by atoms with E-state index in [0.29, 0.717) is 0 Å². The highest BCUT2D eigenvalue weighted by Crippen LogP contribution is 2.14. The first-order valence-electron chi connectivity index (χ1n) is 3.09. The van der Waals surface area contributed by atoms with Gasteiger partial charge in [0.2, 0.25) is 0 Å². The van der Waals surface area contributed by atoms with Crippen LogP contribution in [0.2, 0.25) is 0 Å². The maximum absolute atomic E-state index is 3.43. The van der Waals surface area contributed by atoms with Gasteiger partial charge in [-0.1, -0.05) is 6.07 Å². The molecule has 0 saturated carbocycles. The number of hydrogen-bond acceptors (Lipinski definition) is 0. The quantitative estimate of drug-likeness (QED) is 0.610. The van der Waals surface area contributed by atoms with Crippen LogP contribution < -0.4 is 0 Å². The van der Waals surface area contributed by atoms with E-state index in [2.05, 4.69) is 32.5 Å². The number of halogens is 1. The van der Waals surface area contributed by atoms with Gasteiger partial charge >= 0.3 is 0 Å². The first-order chi connectivity index (χ1) is 4.88. The first kappa shape index (κ1) is 5.98. The van der Waals surface area contributed by atoms with E-state index < -0.39 is 0 Å². The summed E-state index contributed by atoms with van der Waals surface area (Å²) in [6.45, 7) is 0. The fourth-order valence-corrected chi connectivity index (χ4v) is 1.48. The van der Waals surface area contributed by atoms with E-state index in [1.54, 1.807) is 0 Å². The molecular weight excluding hydrogens is 190 g/mol. The molecule has 50 valence electrons. The minimum absolute atomic E-state index is 1.10. The Morgan fingerprint density at radius 2 is 2.00 bits per heavy atom. The van der Waals surface area contributed by atoms with Gasteiger partial charge in [-0.2, -0.15) is 0 Å². The van der Waals surface area contributed by atoms with Crippen LogP contribution in [0.25, 0.3) is 5.52 Å². The van der Waals surface area contributed by atoms with Gasteiger partial charge in [-0.3, -0.25) is 0 Å². The fraction of sp³-hybridized carbons (Fsp3) is 0. The van der Waals surface area contributed by atoms with E-state index in [-0.39, 0.29) is 0 Å². The topological polar surface area (TPSA) is 4.41 Å². The van der Waals surface area contributed by atoms with Crippen LogP contribution in [0.3, 0.4) is 0 Å². The molecule has 2 aromatic heterocycles. The molecule has 2 rings (SSSR count). The third-order valence-corrected chi connectivity index (χ3v) is 2.16. The second-order valence-corrected chi connectivity index (χ2v) is 2.96. The van der Waals surface area contributed by atoms with E-state index in [9.17, 15) is 0 Å². The van der Waals surface area contributed by atoms with Crippen LogP contribution >= 0.6 is 15.9 Å². The molecule has 0 radical (unpaired) electrons. The lowest BCUT2D eigenvalue weighted by molar-refractivity contribution is 1.16. The van der Waals surface area contributed by atoms with E-state index in [4.69, 9.17) is 0 Å². The summed E-state index contributed by atoms with van der Waals surface area (Å²) in [5.41, 5.74) is 1.22. The molecule has 0 unspecified atom stereocenters. The summed E-state index contributed by atoms with van der Waals surface area (Å²) in [6.07, 6.45) is 2.03. The monoisotopic (exact) mass is 195 g/mol. The van der Waals surface area contributed by atoms with Crippen molar-refractivity contribution in [3.8, 4) is 0 Å². The maximum atomic E-state index is 3.43. The summed E-state index contributed by atoms with van der Waals surface area (Å²) >= 11 is 3.43. The molecule has 0 aliphatic heterocycles. The van der Waals surface area contributed by atoms with Gasteiger partial charge in [0, 0.05) is 11.7 Å². The molecule has 0 atom stereocenters. The standard InChI is InChI=1S/C8H6BrN/c9-8-5-4-7-3-1-2-6-10(7)8/h1-6H. The summed E-state index contributed by atoms with van der Waals surface area (Å²) in [6, 6.07) is 10.2. The zero-order chi connectivity index (χ0) is 6.97. The number of hydrogen-bond donors (Lipinski definition) is 0. The molecule has 10 heavy (non-hydrogen) atoms. The molecule has 0 bridgehead atoms. The number of rotatable bonds is 0. The lowest BCUT2D eigenvalue weighted by atomic mass is 10.4. The second kappa shape index (κ2) is 2.13. The lowest BCUT2D eigenvalue weighted by Crippen LogP contribution is -1.79. The van der Waals surface area contributed by atoms with Crippen molar-refractivity contribution in [2.24, 2.45) is 0 Å². The summed E-state index contributed by atoms with van der Waals surface area (Å²) in [5, 5.41) is 0. The van der Waals surface area contributed by atoms with Crippen LogP contribution in [0, 0.1) is 0 Å². The van der Waals surface area contributed by atoms with Crippen molar-refractivity contribution in [1.82, 2.24) is 4.40 Å². The molecule has 0 amide bonds. The third-order valence-electron chi connectivity index (χ3n) is 1.51. The molecule has 2 aromatic rings. The highest BCUT2D eigenvalue weighted by atomic mass is 79.9. The molecule has 0 aliphatic rings. The number of fused-ring (bicyclic) bond motifs is 1. The Labute approximate surface area is 67.4 Å². The molecule has 0 fully saturated rings. The van der Waals surface area contributed by atoms with Gasteiger partial charge in [-0.15, -0.1) is 0 Å². The summed E-state index contributed by atoms with van der Waals surface area (Å²) in [7, 11) is 0. The normalized spacial score (nSPS) is 10.5. The third kappa shape index (κ3) is 0.762. The van der Waals surface area contributed by atoms with E-state index >= 15 is 0 Å². The second-order valence-electron chi connectivity index (χ2n) is 2.15. The van der Waals surface area contributed by atoms with Crippen molar-refractivity contribution in [1.29, 1.82) is 0 Å². The van der Waals surface area contributed by atoms with Gasteiger partial charge in [0.15, 0.2) is 0 Å². The number of pyridine rings is 1. The Balaban J connectivity index is 2.93. The summed E-state index contributed by atoms with van der Waals surface area (Å²) < 4.78 is 3.18. The predicted octanol–water partition coefficient (Wildman–Crippen LogP) is 2.70. The zero-order valence-corrected chi connectivity index (χ0v) is 6.88. The van der Waals surface area contributed by atoms with Crippen molar-refractivity contribution in [2.75, 3.05) is 0 Å². The maximum Gasteiger partial charge on any atom is 0.0892 e. The molecule has 0 aliphatic carbocycles. The van der Waals surface area contributed by atoms with E-state index in [0.717, 1.165) is 4.60 Å². The lowest BCUT2D eigenvalue weighted by Gasteiger charge is -1.92. The molecule has 2 heteroatoms. The average molecular weight is 196 g/mol. The highest BCUT2D eigenvalue weighted by molar-refractivity contribution is 9.10. The Hall–Kier alpha value is -0.760. The van der Waals surface area contributed by atoms with Crippen molar-refractivity contribution in [3.63, 3.8) is 0 Å². The van der Waals surface area contributed by atoms with Crippen molar-refractivity contribution in [3.05, 3.63) is 41.1 Å². The van der Waals surface area contributed by atoms with E-state index in [1.807, 2.05) is 24.4 Å². The molecule has 0 saturated heterocycles. The molecule has 1 nitrogen and oxygen atoms in total. The van der Waals surface area contributed by atoms with Crippen molar-refractivity contribution in [2.45, 2.75) is 0 Å². The van der Waals surface area contributed by atoms with Gasteiger partial charge in [0.1, 0.15) is 0 Å². The minimum atomic E-state index is 1.10. The van der Waals surface area contributed by atoms with E-state index in [1.165, 1.54) is 5.52 Å². The molecule has 0 N–H and O–H groups in total. The Bertz CT molecular complexity index is 351. The number of nitrogens with zero attached hydrogens (tertiary/aromatic N) is 1. The van der Waals surface area contributed by atoms with Crippen LogP contribution in [0.4, 0.5) is 0 Å². The molecule has 0 aromatic carbocycles. The van der Waals surface area contributed by atoms with Crippen molar-refractivity contribution < 1.29 is 0 Å². The summed E-state index contributed by atoms with van der Waals surface area (Å²) in [4.78, 5) is 0. The van der Waals surface area contributed by atoms with Crippen LogP contribution in [0.15, 0.2) is 41.1 Å². The predicted molar refractivity (Wildman–Crippen MR) is 45.1 cm³/mol. The molecule has 2 heterocycles. The van der Waals surface area contributed by atoms with Gasteiger partial charge in [0.25, 0.3) is 0 Å². The number of aromatic nitrogens is 1. The average Bonchev–Trinajstić information content (AvgIpc) is 2.34. The van der Waals surface area contributed by atoms with Crippen LogP contribution in [0.5, 0.6) is 0 Å². The smallest absolute Gasteiger partial charge is 0.0892 e. The fourth-order valence-electron chi connectivity index (χ4n) is 1.02. The van der Waals surface area contributed by atoms with Crippen LogP contribution in [-0.4, -0.2) is 4.40 Å². The van der Waals surface area contributed by atoms with Crippen molar-refractivity contribution >= 4 is 21.4 Å². The zero-order valence-electron chi connectivity index (χ0n) is 5.29. The van der Waals surface area contributed by atoms with Gasteiger partial charge in [-0.05, 0) is 40.2 Å². The Morgan fingerprint density at radius 1 is 1.10 bits per heavy atom. The van der Waals surface area contributed by atoms with Gasteiger partial charge < -0.3 is 4.40 Å². The Kier molecular flexibility index (Phi) is 1.27. The highest BCUT2D eigenvalue weighted by Gasteiger charge is 1.93. The van der Waals surface area contributed by atoms with Crippen LogP contribution in [0.1, 0.15) is 0 Å². The summed E-state index contributed by atoms with van der Waals surface area (Å²) in [5.74, 6) is 0. The van der Waals surface area contributed by atoms with Gasteiger partial charge in [0.05, 0.1) is 4.60 Å². The van der Waals surface area contributed by atoms with Crippen LogP contribution in [-0.2, 0) is 0 Å². The van der Waals surface area contributed by atoms with Gasteiger partial charge in [-0.25, -0.2) is 0 Å². The Morgan fingerprint density at radius 3 is 2.80 bits per heavy atom. The molecule has 0 spiro atoms. The molecular formula is C8H6BrN.